The number of aromatic nitrogens is 4. The van der Waals surface area contributed by atoms with Gasteiger partial charge in [-0.05, 0) is 31.0 Å². The van der Waals surface area contributed by atoms with E-state index in [4.69, 9.17) is 0 Å². The van der Waals surface area contributed by atoms with Gasteiger partial charge in [-0.15, -0.1) is 0 Å². The van der Waals surface area contributed by atoms with Gasteiger partial charge >= 0.3 is 11.9 Å². The van der Waals surface area contributed by atoms with E-state index in [9.17, 15) is 22.8 Å². The predicted molar refractivity (Wildman–Crippen MR) is 99.1 cm³/mol. The number of hydrogen-bond acceptors (Lipinski definition) is 4. The Labute approximate surface area is 158 Å². The van der Waals surface area contributed by atoms with Gasteiger partial charge < -0.3 is 0 Å². The van der Waals surface area contributed by atoms with E-state index in [0.29, 0.717) is 12.8 Å². The molecule has 0 spiro atoms. The van der Waals surface area contributed by atoms with Crippen molar-refractivity contribution in [2.45, 2.75) is 46.0 Å². The molecule has 0 saturated heterocycles. The van der Waals surface area contributed by atoms with Crippen LogP contribution in [0.2, 0.25) is 0 Å². The molecule has 3 aromatic rings. The Morgan fingerprint density at radius 1 is 1.00 bits per heavy atom. The van der Waals surface area contributed by atoms with Gasteiger partial charge in [0, 0.05) is 19.3 Å². The molecule has 0 unspecified atom stereocenters. The molecule has 0 bridgehead atoms. The molecule has 28 heavy (non-hydrogen) atoms. The van der Waals surface area contributed by atoms with Crippen molar-refractivity contribution in [1.29, 1.82) is 0 Å². The summed E-state index contributed by atoms with van der Waals surface area (Å²) in [6.45, 7) is 3.72. The number of aryl methyl sites for hydroxylation is 1. The summed E-state index contributed by atoms with van der Waals surface area (Å²) in [6.07, 6.45) is -2.42. The van der Waals surface area contributed by atoms with Crippen LogP contribution in [0.25, 0.3) is 22.4 Å². The van der Waals surface area contributed by atoms with Crippen molar-refractivity contribution in [2.24, 2.45) is 0 Å². The topological polar surface area (TPSA) is 69.8 Å². The molecule has 0 aliphatic carbocycles. The molecular weight excluding hydrogens is 373 g/mol. The predicted octanol–water partition coefficient (Wildman–Crippen LogP) is 3.46. The minimum atomic E-state index is -4.79. The van der Waals surface area contributed by atoms with Crippen LogP contribution in [0.1, 0.15) is 32.3 Å². The summed E-state index contributed by atoms with van der Waals surface area (Å²) in [4.78, 5) is 33.9. The maximum Gasteiger partial charge on any atom is 0.417 e. The van der Waals surface area contributed by atoms with Gasteiger partial charge in [0.15, 0.2) is 5.65 Å². The average molecular weight is 392 g/mol. The van der Waals surface area contributed by atoms with Gasteiger partial charge in [0.1, 0.15) is 0 Å². The molecule has 0 atom stereocenters. The zero-order chi connectivity index (χ0) is 20.5. The van der Waals surface area contributed by atoms with Crippen molar-refractivity contribution >= 4 is 11.0 Å². The molecule has 3 rings (SSSR count). The van der Waals surface area contributed by atoms with E-state index in [1.54, 1.807) is 26.0 Å². The van der Waals surface area contributed by atoms with Crippen molar-refractivity contribution in [1.82, 2.24) is 19.1 Å². The number of rotatable bonds is 5. The van der Waals surface area contributed by atoms with Crippen LogP contribution in [0, 0.1) is 0 Å². The Morgan fingerprint density at radius 2 is 1.68 bits per heavy atom. The minimum Gasteiger partial charge on any atom is -0.277 e. The number of hydrogen-bond donors (Lipinski definition) is 0. The zero-order valence-corrected chi connectivity index (χ0v) is 15.5. The van der Waals surface area contributed by atoms with E-state index in [2.05, 4.69) is 9.97 Å². The highest BCUT2D eigenvalue weighted by Gasteiger charge is 2.36. The van der Waals surface area contributed by atoms with E-state index in [0.717, 1.165) is 15.2 Å². The molecule has 0 aliphatic rings. The molecule has 0 aromatic carbocycles. The third kappa shape index (κ3) is 3.44. The van der Waals surface area contributed by atoms with Gasteiger partial charge in [-0.25, -0.2) is 9.78 Å². The van der Waals surface area contributed by atoms with Crippen molar-refractivity contribution in [2.75, 3.05) is 0 Å². The summed E-state index contributed by atoms with van der Waals surface area (Å²) in [7, 11) is 0. The summed E-state index contributed by atoms with van der Waals surface area (Å²) in [6, 6.07) is 5.60. The van der Waals surface area contributed by atoms with Gasteiger partial charge in [-0.3, -0.25) is 18.9 Å². The van der Waals surface area contributed by atoms with Crippen molar-refractivity contribution in [3.8, 4) is 11.4 Å². The van der Waals surface area contributed by atoms with Crippen LogP contribution in [0.4, 0.5) is 13.2 Å². The largest absolute Gasteiger partial charge is 0.417 e. The van der Waals surface area contributed by atoms with Gasteiger partial charge in [-0.2, -0.15) is 13.2 Å². The van der Waals surface area contributed by atoms with Gasteiger partial charge in [0.25, 0.3) is 5.56 Å². The number of nitrogens with zero attached hydrogens (tertiary/aromatic N) is 4. The zero-order valence-electron chi connectivity index (χ0n) is 15.5. The standard InChI is InChI=1S/C19H19F3N4O2/c1-3-9-25-16-15(17(27)26(10-4-2)18(25)28)12(19(20,21)22)11-14(24-16)13-7-5-6-8-23-13/h5-8,11H,3-4,9-10H2,1-2H3. The quantitative estimate of drug-likeness (QED) is 0.667. The lowest BCUT2D eigenvalue weighted by Crippen LogP contribution is -2.41. The first-order chi connectivity index (χ1) is 13.3. The fourth-order valence-electron chi connectivity index (χ4n) is 3.11. The first kappa shape index (κ1) is 19.8. The van der Waals surface area contributed by atoms with Crippen LogP contribution in [0.15, 0.2) is 40.1 Å². The van der Waals surface area contributed by atoms with Crippen LogP contribution in [0.3, 0.4) is 0 Å². The maximum atomic E-state index is 13.8. The Balaban J connectivity index is 2.52. The molecular formula is C19H19F3N4O2. The third-order valence-corrected chi connectivity index (χ3v) is 4.30. The first-order valence-corrected chi connectivity index (χ1v) is 8.96. The number of pyridine rings is 2. The lowest BCUT2D eigenvalue weighted by Gasteiger charge is -2.17. The second kappa shape index (κ2) is 7.57. The third-order valence-electron chi connectivity index (χ3n) is 4.30. The van der Waals surface area contributed by atoms with E-state index < -0.39 is 28.4 Å². The number of fused-ring (bicyclic) bond motifs is 1. The Hall–Kier alpha value is -2.97. The Bertz CT molecular complexity index is 1120. The smallest absolute Gasteiger partial charge is 0.277 e. The van der Waals surface area contributed by atoms with E-state index in [1.807, 2.05) is 0 Å². The highest BCUT2D eigenvalue weighted by Crippen LogP contribution is 2.35. The minimum absolute atomic E-state index is 0.0383. The molecule has 3 aromatic heterocycles. The van der Waals surface area contributed by atoms with Crippen LogP contribution >= 0.6 is 0 Å². The van der Waals surface area contributed by atoms with Gasteiger partial charge in [0.2, 0.25) is 0 Å². The molecule has 0 amide bonds. The first-order valence-electron chi connectivity index (χ1n) is 8.96. The summed E-state index contributed by atoms with van der Waals surface area (Å²) in [5.41, 5.74) is -2.82. The Morgan fingerprint density at radius 3 is 2.25 bits per heavy atom. The van der Waals surface area contributed by atoms with Crippen molar-refractivity contribution in [3.05, 3.63) is 56.9 Å². The number of halogens is 3. The van der Waals surface area contributed by atoms with Crippen LogP contribution in [-0.4, -0.2) is 19.1 Å². The summed E-state index contributed by atoms with van der Waals surface area (Å²) in [5.74, 6) is 0. The van der Waals surface area contributed by atoms with Gasteiger partial charge in [-0.1, -0.05) is 19.9 Å². The highest BCUT2D eigenvalue weighted by atomic mass is 19.4. The fraction of sp³-hybridized carbons (Fsp3) is 0.368. The molecule has 0 saturated carbocycles. The van der Waals surface area contributed by atoms with Crippen LogP contribution in [-0.2, 0) is 19.3 Å². The van der Waals surface area contributed by atoms with E-state index in [1.165, 1.54) is 12.3 Å². The monoisotopic (exact) mass is 392 g/mol. The van der Waals surface area contributed by atoms with Crippen LogP contribution < -0.4 is 11.2 Å². The normalized spacial score (nSPS) is 11.9. The second-order valence-corrected chi connectivity index (χ2v) is 6.36. The maximum absolute atomic E-state index is 13.8. The van der Waals surface area contributed by atoms with Crippen molar-refractivity contribution in [3.63, 3.8) is 0 Å². The molecule has 9 heteroatoms. The highest BCUT2D eigenvalue weighted by molar-refractivity contribution is 5.82. The summed E-state index contributed by atoms with van der Waals surface area (Å²) < 4.78 is 43.5. The average Bonchev–Trinajstić information content (AvgIpc) is 2.67. The fourth-order valence-corrected chi connectivity index (χ4v) is 3.11. The summed E-state index contributed by atoms with van der Waals surface area (Å²) in [5, 5.41) is -0.589. The SMILES string of the molecule is CCCn1c(=O)c2c(C(F)(F)F)cc(-c3ccccn3)nc2n(CCC)c1=O. The lowest BCUT2D eigenvalue weighted by atomic mass is 10.1. The molecule has 0 fully saturated rings. The molecule has 148 valence electrons. The molecule has 6 nitrogen and oxygen atoms in total. The molecule has 0 aliphatic heterocycles. The number of alkyl halides is 3. The van der Waals surface area contributed by atoms with E-state index >= 15 is 0 Å². The van der Waals surface area contributed by atoms with Crippen LogP contribution in [0.5, 0.6) is 0 Å². The summed E-state index contributed by atoms with van der Waals surface area (Å²) >= 11 is 0. The van der Waals surface area contributed by atoms with E-state index in [-0.39, 0.29) is 30.1 Å². The second-order valence-electron chi connectivity index (χ2n) is 6.36. The molecule has 3 heterocycles. The Kier molecular flexibility index (Phi) is 5.35. The molecule has 0 N–H and O–H groups in total. The van der Waals surface area contributed by atoms with Crippen molar-refractivity contribution < 1.29 is 13.2 Å². The lowest BCUT2D eigenvalue weighted by molar-refractivity contribution is -0.136. The van der Waals surface area contributed by atoms with Gasteiger partial charge in [0.05, 0.1) is 22.3 Å². The molecule has 0 radical (unpaired) electrons.